The molecule has 0 spiro atoms. The van der Waals surface area contributed by atoms with Crippen molar-refractivity contribution in [2.75, 3.05) is 30.3 Å². The zero-order valence-electron chi connectivity index (χ0n) is 19.4. The third-order valence-electron chi connectivity index (χ3n) is 6.10. The number of amides is 2. The molecule has 0 radical (unpaired) electrons. The Labute approximate surface area is 203 Å². The largest absolute Gasteiger partial charge is 0.480 e. The van der Waals surface area contributed by atoms with Gasteiger partial charge in [0.1, 0.15) is 12.1 Å². The molecule has 33 heavy (non-hydrogen) atoms. The van der Waals surface area contributed by atoms with Gasteiger partial charge in [-0.15, -0.1) is 0 Å². The van der Waals surface area contributed by atoms with E-state index < -0.39 is 29.9 Å². The van der Waals surface area contributed by atoms with Crippen LogP contribution in [0.4, 0.5) is 0 Å². The van der Waals surface area contributed by atoms with Crippen LogP contribution in [0.3, 0.4) is 0 Å². The van der Waals surface area contributed by atoms with E-state index in [-0.39, 0.29) is 28.8 Å². The van der Waals surface area contributed by atoms with Crippen molar-refractivity contribution in [3.05, 3.63) is 0 Å². The lowest BCUT2D eigenvalue weighted by Gasteiger charge is -2.25. The number of carboxylic acids is 2. The van der Waals surface area contributed by atoms with Crippen LogP contribution in [-0.2, 0) is 24.0 Å². The molecular formula is C22H34N2O7S2. The standard InChI is InChI=1S/C22H34N2O7S2/c1-13(18(25)23-8-4-6-16(23)20(27)28)10-32-11-15(3)22(31)33-12-14(2)19(26)24-9-5-7-17(24)21(29)30/h13-17H,4-12H2,1-3H3,(H,27,28)(H,29,30)/t13?,14?,15?,16-,17-/m0/s1. The minimum Gasteiger partial charge on any atom is -0.480 e. The molecule has 0 saturated carbocycles. The molecule has 2 aliphatic rings. The molecule has 0 aromatic rings. The van der Waals surface area contributed by atoms with Crippen LogP contribution in [0, 0.1) is 17.8 Å². The van der Waals surface area contributed by atoms with E-state index in [1.54, 1.807) is 13.8 Å². The molecule has 2 amide bonds. The maximum absolute atomic E-state index is 12.6. The van der Waals surface area contributed by atoms with Gasteiger partial charge < -0.3 is 20.0 Å². The lowest BCUT2D eigenvalue weighted by Crippen LogP contribution is -2.43. The van der Waals surface area contributed by atoms with Gasteiger partial charge in [0.2, 0.25) is 11.8 Å². The highest BCUT2D eigenvalue weighted by atomic mass is 32.2. The second kappa shape index (κ2) is 12.6. The lowest BCUT2D eigenvalue weighted by atomic mass is 10.1. The van der Waals surface area contributed by atoms with Gasteiger partial charge in [0.25, 0.3) is 0 Å². The molecule has 11 heteroatoms. The van der Waals surface area contributed by atoms with E-state index >= 15 is 0 Å². The fraction of sp³-hybridized carbons (Fsp3) is 0.773. The summed E-state index contributed by atoms with van der Waals surface area (Å²) in [7, 11) is 0. The highest BCUT2D eigenvalue weighted by Crippen LogP contribution is 2.25. The number of aliphatic carboxylic acids is 2. The average Bonchev–Trinajstić information content (AvgIpc) is 3.45. The first-order chi connectivity index (χ1) is 15.5. The number of nitrogens with zero attached hydrogens (tertiary/aromatic N) is 2. The van der Waals surface area contributed by atoms with E-state index in [9.17, 15) is 34.2 Å². The zero-order valence-corrected chi connectivity index (χ0v) is 21.0. The van der Waals surface area contributed by atoms with Gasteiger partial charge in [-0.2, -0.15) is 11.8 Å². The molecule has 0 aliphatic carbocycles. The Bertz CT molecular complexity index is 763. The number of thioether (sulfide) groups is 2. The molecule has 2 N–H and O–H groups in total. The summed E-state index contributed by atoms with van der Waals surface area (Å²) < 4.78 is 0. The third-order valence-corrected chi connectivity index (χ3v) is 8.92. The molecule has 0 aromatic carbocycles. The minimum atomic E-state index is -0.988. The highest BCUT2D eigenvalue weighted by Gasteiger charge is 2.37. The second-order valence-corrected chi connectivity index (χ2v) is 11.0. The molecule has 0 aromatic heterocycles. The van der Waals surface area contributed by atoms with Crippen LogP contribution in [0.15, 0.2) is 0 Å². The van der Waals surface area contributed by atoms with Gasteiger partial charge in [-0.05, 0) is 25.7 Å². The smallest absolute Gasteiger partial charge is 0.326 e. The fourth-order valence-electron chi connectivity index (χ4n) is 4.12. The first-order valence-electron chi connectivity index (χ1n) is 11.4. The van der Waals surface area contributed by atoms with Crippen LogP contribution in [-0.4, -0.2) is 91.3 Å². The number of carboxylic acid groups (broad SMARTS) is 2. The molecule has 2 saturated heterocycles. The van der Waals surface area contributed by atoms with Crippen molar-refractivity contribution in [2.24, 2.45) is 17.8 Å². The fourth-order valence-corrected chi connectivity index (χ4v) is 6.29. The first kappa shape index (κ1) is 27.5. The number of hydrogen-bond acceptors (Lipinski definition) is 7. The van der Waals surface area contributed by atoms with E-state index in [0.717, 1.165) is 11.8 Å². The van der Waals surface area contributed by atoms with Crippen molar-refractivity contribution in [3.8, 4) is 0 Å². The van der Waals surface area contributed by atoms with E-state index in [1.807, 2.05) is 6.92 Å². The second-order valence-electron chi connectivity index (χ2n) is 8.93. The van der Waals surface area contributed by atoms with Crippen molar-refractivity contribution >= 4 is 52.4 Å². The van der Waals surface area contributed by atoms with Crippen LogP contribution in [0.25, 0.3) is 0 Å². The molecule has 186 valence electrons. The Morgan fingerprint density at radius 1 is 0.758 bits per heavy atom. The summed E-state index contributed by atoms with van der Waals surface area (Å²) in [5.41, 5.74) is 0. The Morgan fingerprint density at radius 2 is 1.18 bits per heavy atom. The molecule has 3 unspecified atom stereocenters. The van der Waals surface area contributed by atoms with E-state index in [0.29, 0.717) is 56.0 Å². The van der Waals surface area contributed by atoms with Gasteiger partial charge in [-0.1, -0.05) is 32.5 Å². The number of hydrogen-bond donors (Lipinski definition) is 2. The molecule has 2 heterocycles. The molecule has 2 fully saturated rings. The van der Waals surface area contributed by atoms with E-state index in [4.69, 9.17) is 0 Å². The molecule has 9 nitrogen and oxygen atoms in total. The number of carbonyl (C=O) groups is 5. The van der Waals surface area contributed by atoms with Crippen molar-refractivity contribution in [1.29, 1.82) is 0 Å². The highest BCUT2D eigenvalue weighted by molar-refractivity contribution is 8.13. The van der Waals surface area contributed by atoms with Gasteiger partial charge in [-0.25, -0.2) is 9.59 Å². The van der Waals surface area contributed by atoms with Gasteiger partial charge in [0, 0.05) is 48.1 Å². The first-order valence-corrected chi connectivity index (χ1v) is 13.5. The predicted octanol–water partition coefficient (Wildman–Crippen LogP) is 2.04. The zero-order chi connectivity index (χ0) is 24.7. The van der Waals surface area contributed by atoms with Crippen molar-refractivity contribution < 1.29 is 34.2 Å². The van der Waals surface area contributed by atoms with Crippen molar-refractivity contribution in [3.63, 3.8) is 0 Å². The average molecular weight is 503 g/mol. The number of carbonyl (C=O) groups excluding carboxylic acids is 3. The summed E-state index contributed by atoms with van der Waals surface area (Å²) in [6.07, 6.45) is 2.31. The summed E-state index contributed by atoms with van der Waals surface area (Å²) >= 11 is 2.58. The molecular weight excluding hydrogens is 468 g/mol. The molecule has 2 rings (SSSR count). The van der Waals surface area contributed by atoms with Crippen molar-refractivity contribution in [1.82, 2.24) is 9.80 Å². The van der Waals surface area contributed by atoms with Crippen LogP contribution >= 0.6 is 23.5 Å². The summed E-state index contributed by atoms with van der Waals surface area (Å²) in [5, 5.41) is 18.5. The summed E-state index contributed by atoms with van der Waals surface area (Å²) in [6.45, 7) is 6.22. The normalized spacial score (nSPS) is 23.2. The Kier molecular flexibility index (Phi) is 10.5. The summed E-state index contributed by atoms with van der Waals surface area (Å²) in [4.78, 5) is 63.1. The SMILES string of the molecule is CC(CSCC(C)C(=O)N1CCC[C@H]1C(=O)O)C(=O)SCC(C)C(=O)N1CCC[C@H]1C(=O)O. The van der Waals surface area contributed by atoms with Crippen LogP contribution < -0.4 is 0 Å². The third kappa shape index (κ3) is 7.37. The van der Waals surface area contributed by atoms with Crippen LogP contribution in [0.5, 0.6) is 0 Å². The minimum absolute atomic E-state index is 0.0391. The van der Waals surface area contributed by atoms with Crippen LogP contribution in [0.1, 0.15) is 46.5 Å². The quantitative estimate of drug-likeness (QED) is 0.435. The topological polar surface area (TPSA) is 132 Å². The lowest BCUT2D eigenvalue weighted by molar-refractivity contribution is -0.149. The van der Waals surface area contributed by atoms with E-state index in [2.05, 4.69) is 0 Å². The molecule has 0 bridgehead atoms. The number of likely N-dealkylation sites (tertiary alicyclic amines) is 2. The molecule has 2 aliphatic heterocycles. The maximum Gasteiger partial charge on any atom is 0.326 e. The van der Waals surface area contributed by atoms with Crippen molar-refractivity contribution in [2.45, 2.75) is 58.5 Å². The van der Waals surface area contributed by atoms with Gasteiger partial charge in [0.15, 0.2) is 5.12 Å². The van der Waals surface area contributed by atoms with Gasteiger partial charge >= 0.3 is 11.9 Å². The monoisotopic (exact) mass is 502 g/mol. The number of rotatable bonds is 11. The predicted molar refractivity (Wildman–Crippen MR) is 127 cm³/mol. The maximum atomic E-state index is 12.6. The Balaban J connectivity index is 1.71. The summed E-state index contributed by atoms with van der Waals surface area (Å²) in [6, 6.07) is -1.51. The summed E-state index contributed by atoms with van der Waals surface area (Å²) in [5.74, 6) is -2.04. The van der Waals surface area contributed by atoms with Gasteiger partial charge in [-0.3, -0.25) is 14.4 Å². The van der Waals surface area contributed by atoms with Crippen LogP contribution in [0.2, 0.25) is 0 Å². The Hall–Kier alpha value is -1.75. The Morgan fingerprint density at radius 3 is 1.64 bits per heavy atom. The molecule has 5 atom stereocenters. The van der Waals surface area contributed by atoms with Gasteiger partial charge in [0.05, 0.1) is 0 Å². The van der Waals surface area contributed by atoms with E-state index in [1.165, 1.54) is 21.6 Å².